The number of anilines is 1. The minimum Gasteiger partial charge on any atom is -0.402 e. The van der Waals surface area contributed by atoms with Gasteiger partial charge in [-0.2, -0.15) is 8.42 Å². The Hall–Kier alpha value is -3.73. The molecular formula is C18H16N4O6S. The van der Waals surface area contributed by atoms with Crippen molar-refractivity contribution in [3.8, 4) is 5.88 Å². The number of hydrogen-bond acceptors (Lipinski definition) is 8. The van der Waals surface area contributed by atoms with Gasteiger partial charge >= 0.3 is 5.97 Å². The first-order chi connectivity index (χ1) is 13.6. The molecule has 1 aromatic heterocycles. The Morgan fingerprint density at radius 2 is 1.79 bits per heavy atom. The molecule has 0 saturated carbocycles. The number of benzene rings is 2. The van der Waals surface area contributed by atoms with Crippen LogP contribution in [0.1, 0.15) is 21.5 Å². The Balaban J connectivity index is 1.89. The van der Waals surface area contributed by atoms with Crippen LogP contribution >= 0.6 is 0 Å². The van der Waals surface area contributed by atoms with E-state index in [-0.39, 0.29) is 27.8 Å². The number of nitrogens with two attached hydrogens (primary N) is 1. The molecule has 150 valence electrons. The number of aromatic nitrogens is 2. The van der Waals surface area contributed by atoms with Gasteiger partial charge < -0.3 is 10.5 Å². The maximum Gasteiger partial charge on any atom is 0.345 e. The topological polar surface area (TPSA) is 147 Å². The van der Waals surface area contributed by atoms with Gasteiger partial charge in [0, 0.05) is 17.7 Å². The summed E-state index contributed by atoms with van der Waals surface area (Å²) in [5.74, 6) is -1.56. The van der Waals surface area contributed by atoms with Crippen molar-refractivity contribution in [2.24, 2.45) is 0 Å². The Morgan fingerprint density at radius 1 is 1.14 bits per heavy atom. The molecule has 10 nitrogen and oxygen atoms in total. The summed E-state index contributed by atoms with van der Waals surface area (Å²) in [6.07, 6.45) is 0. The zero-order valence-corrected chi connectivity index (χ0v) is 16.2. The molecule has 2 aromatic carbocycles. The van der Waals surface area contributed by atoms with E-state index in [9.17, 15) is 23.3 Å². The van der Waals surface area contributed by atoms with Gasteiger partial charge in [-0.15, -0.1) is 9.19 Å². The van der Waals surface area contributed by atoms with Crippen LogP contribution in [-0.4, -0.2) is 28.5 Å². The second kappa shape index (κ2) is 7.36. The van der Waals surface area contributed by atoms with Crippen LogP contribution < -0.4 is 10.5 Å². The largest absolute Gasteiger partial charge is 0.402 e. The monoisotopic (exact) mass is 416 g/mol. The van der Waals surface area contributed by atoms with Crippen molar-refractivity contribution < 1.29 is 22.9 Å². The predicted molar refractivity (Wildman–Crippen MR) is 103 cm³/mol. The van der Waals surface area contributed by atoms with Gasteiger partial charge in [0.1, 0.15) is 5.82 Å². The molecule has 0 aliphatic rings. The Labute approximate surface area is 165 Å². The number of nitro benzene ring substituents is 1. The fourth-order valence-electron chi connectivity index (χ4n) is 2.50. The smallest absolute Gasteiger partial charge is 0.345 e. The summed E-state index contributed by atoms with van der Waals surface area (Å²) in [7, 11) is -4.09. The highest BCUT2D eigenvalue weighted by Gasteiger charge is 2.24. The third-order valence-electron chi connectivity index (χ3n) is 4.07. The fourth-order valence-corrected chi connectivity index (χ4v) is 3.70. The van der Waals surface area contributed by atoms with E-state index in [1.807, 2.05) is 6.92 Å². The van der Waals surface area contributed by atoms with Gasteiger partial charge in [-0.05, 0) is 32.0 Å². The van der Waals surface area contributed by atoms with Gasteiger partial charge in [-0.1, -0.05) is 23.8 Å². The first kappa shape index (κ1) is 20.0. The number of ether oxygens (including phenoxy) is 1. The maximum atomic E-state index is 12.7. The third kappa shape index (κ3) is 3.94. The lowest BCUT2D eigenvalue weighted by Crippen LogP contribution is -2.17. The summed E-state index contributed by atoms with van der Waals surface area (Å²) < 4.78 is 31.0. The van der Waals surface area contributed by atoms with Crippen molar-refractivity contribution in [3.63, 3.8) is 0 Å². The Bertz CT molecular complexity index is 1220. The molecule has 0 fully saturated rings. The number of aryl methyl sites for hydroxylation is 2. The molecule has 0 radical (unpaired) electrons. The first-order valence-electron chi connectivity index (χ1n) is 8.24. The van der Waals surface area contributed by atoms with Gasteiger partial charge in [0.05, 0.1) is 15.4 Å². The first-order valence-corrected chi connectivity index (χ1v) is 9.68. The molecular weight excluding hydrogens is 400 g/mol. The second-order valence-corrected chi connectivity index (χ2v) is 7.98. The molecule has 0 amide bonds. The second-order valence-electron chi connectivity index (χ2n) is 6.22. The minimum atomic E-state index is -4.09. The molecule has 0 aliphatic carbocycles. The molecule has 0 bridgehead atoms. The average molecular weight is 416 g/mol. The molecule has 0 aliphatic heterocycles. The highest BCUT2D eigenvalue weighted by molar-refractivity contribution is 7.90. The maximum absolute atomic E-state index is 12.7. The normalized spacial score (nSPS) is 11.2. The van der Waals surface area contributed by atoms with E-state index in [0.717, 1.165) is 17.7 Å². The van der Waals surface area contributed by atoms with Gasteiger partial charge in [0.25, 0.3) is 15.7 Å². The van der Waals surface area contributed by atoms with Crippen LogP contribution in [0.4, 0.5) is 11.5 Å². The zero-order chi connectivity index (χ0) is 21.3. The Kier molecular flexibility index (Phi) is 5.08. The van der Waals surface area contributed by atoms with Gasteiger partial charge in [-0.25, -0.2) is 4.79 Å². The number of nitrogen functional groups attached to an aromatic ring is 1. The number of nitrogens with zero attached hydrogens (tertiary/aromatic N) is 3. The van der Waals surface area contributed by atoms with Crippen molar-refractivity contribution in [3.05, 3.63) is 75.3 Å². The Morgan fingerprint density at radius 3 is 2.41 bits per heavy atom. The summed E-state index contributed by atoms with van der Waals surface area (Å²) >= 11 is 0. The summed E-state index contributed by atoms with van der Waals surface area (Å²) in [6, 6.07) is 11.0. The number of carbonyl (C=O) groups excluding carboxylic acids is 1. The molecule has 0 unspecified atom stereocenters. The fraction of sp³-hybridized carbons (Fsp3) is 0.111. The molecule has 1 heterocycles. The van der Waals surface area contributed by atoms with Crippen LogP contribution in [-0.2, 0) is 10.0 Å². The molecule has 11 heteroatoms. The third-order valence-corrected chi connectivity index (χ3v) is 5.68. The van der Waals surface area contributed by atoms with Crippen LogP contribution in [0.25, 0.3) is 0 Å². The number of rotatable bonds is 5. The number of esters is 1. The number of nitro groups is 1. The van der Waals surface area contributed by atoms with Gasteiger partial charge in [0.15, 0.2) is 0 Å². The highest BCUT2D eigenvalue weighted by atomic mass is 32.2. The van der Waals surface area contributed by atoms with Crippen LogP contribution in [0.2, 0.25) is 0 Å². The van der Waals surface area contributed by atoms with Crippen molar-refractivity contribution in [2.75, 3.05) is 5.73 Å². The van der Waals surface area contributed by atoms with E-state index >= 15 is 0 Å². The zero-order valence-electron chi connectivity index (χ0n) is 15.4. The summed E-state index contributed by atoms with van der Waals surface area (Å²) in [5, 5.41) is 14.8. The lowest BCUT2D eigenvalue weighted by molar-refractivity contribution is -0.385. The van der Waals surface area contributed by atoms with Crippen molar-refractivity contribution >= 4 is 27.5 Å². The standard InChI is InChI=1S/C18H16N4O6S/c1-11-3-7-14(8-4-11)29(26,27)21-16(19)10-17(20-21)28-18(23)13-6-5-12(2)15(9-13)22(24)25/h3-10H,19H2,1-2H3. The molecule has 3 aromatic rings. The van der Waals surface area contributed by atoms with Crippen molar-refractivity contribution in [1.82, 2.24) is 9.19 Å². The van der Waals surface area contributed by atoms with E-state index in [1.165, 1.54) is 31.2 Å². The lowest BCUT2D eigenvalue weighted by Gasteiger charge is -2.06. The molecule has 0 saturated heterocycles. The minimum absolute atomic E-state index is 0.0371. The lowest BCUT2D eigenvalue weighted by atomic mass is 10.1. The van der Waals surface area contributed by atoms with E-state index < -0.39 is 20.9 Å². The van der Waals surface area contributed by atoms with Gasteiger partial charge in [-0.3, -0.25) is 10.1 Å². The average Bonchev–Trinajstić information content (AvgIpc) is 3.03. The van der Waals surface area contributed by atoms with E-state index in [4.69, 9.17) is 10.5 Å². The van der Waals surface area contributed by atoms with Crippen LogP contribution in [0, 0.1) is 24.0 Å². The van der Waals surface area contributed by atoms with Crippen molar-refractivity contribution in [1.29, 1.82) is 0 Å². The molecule has 3 rings (SSSR count). The molecule has 29 heavy (non-hydrogen) atoms. The molecule has 0 spiro atoms. The van der Waals surface area contributed by atoms with Crippen molar-refractivity contribution in [2.45, 2.75) is 18.7 Å². The van der Waals surface area contributed by atoms with Crippen LogP contribution in [0.3, 0.4) is 0 Å². The number of hydrogen-bond donors (Lipinski definition) is 1. The van der Waals surface area contributed by atoms with Crippen LogP contribution in [0.5, 0.6) is 5.88 Å². The molecule has 2 N–H and O–H groups in total. The summed E-state index contributed by atoms with van der Waals surface area (Å²) in [5.41, 5.74) is 6.66. The SMILES string of the molecule is Cc1ccc(S(=O)(=O)n2nc(OC(=O)c3ccc(C)c([N+](=O)[O-])c3)cc2N)cc1. The summed E-state index contributed by atoms with van der Waals surface area (Å²) in [4.78, 5) is 22.7. The number of carbonyl (C=O) groups is 1. The van der Waals surface area contributed by atoms with E-state index in [2.05, 4.69) is 5.10 Å². The predicted octanol–water partition coefficient (Wildman–Crippen LogP) is 2.45. The highest BCUT2D eigenvalue weighted by Crippen LogP contribution is 2.23. The quantitative estimate of drug-likeness (QED) is 0.379. The summed E-state index contributed by atoms with van der Waals surface area (Å²) in [6.45, 7) is 3.34. The van der Waals surface area contributed by atoms with E-state index in [0.29, 0.717) is 9.65 Å². The van der Waals surface area contributed by atoms with Crippen LogP contribution in [0.15, 0.2) is 53.4 Å². The van der Waals surface area contributed by atoms with E-state index in [1.54, 1.807) is 12.1 Å². The van der Waals surface area contributed by atoms with Gasteiger partial charge in [0.2, 0.25) is 5.88 Å². The molecule has 0 atom stereocenters.